The van der Waals surface area contributed by atoms with E-state index >= 15 is 0 Å². The normalized spacial score (nSPS) is 18.9. The molecule has 9 heteroatoms. The van der Waals surface area contributed by atoms with Crippen LogP contribution in [0.4, 0.5) is 5.69 Å². The van der Waals surface area contributed by atoms with Gasteiger partial charge in [0.15, 0.2) is 0 Å². The van der Waals surface area contributed by atoms with Gasteiger partial charge in [-0.1, -0.05) is 19.8 Å². The molecule has 1 aliphatic heterocycles. The number of aromatic nitrogens is 2. The minimum absolute atomic E-state index is 0.0336. The number of unbranched alkanes of at least 4 members (excludes halogenated alkanes) is 2. The summed E-state index contributed by atoms with van der Waals surface area (Å²) in [6.45, 7) is 5.00. The third-order valence-electron chi connectivity index (χ3n) is 5.57. The predicted molar refractivity (Wildman–Crippen MR) is 133 cm³/mol. The van der Waals surface area contributed by atoms with Crippen LogP contribution in [-0.4, -0.2) is 48.4 Å². The second kappa shape index (κ2) is 10.5. The summed E-state index contributed by atoms with van der Waals surface area (Å²) in [6, 6.07) is 11.6. The summed E-state index contributed by atoms with van der Waals surface area (Å²) in [7, 11) is -1.82. The Bertz CT molecular complexity index is 1250. The SMILES string of the molecule is CCCCCNc1ccc2[nH]cc(C3(C)CS(=O)(=O)N(C)C=N3)c2c1.N#Cc1cccnc1. The van der Waals surface area contributed by atoms with Gasteiger partial charge in [0.05, 0.1) is 17.7 Å². The van der Waals surface area contributed by atoms with Crippen molar-refractivity contribution in [1.29, 1.82) is 5.26 Å². The van der Waals surface area contributed by atoms with E-state index in [1.54, 1.807) is 18.3 Å². The monoisotopic (exact) mass is 466 g/mol. The molecule has 0 saturated carbocycles. The van der Waals surface area contributed by atoms with E-state index in [2.05, 4.69) is 33.3 Å². The van der Waals surface area contributed by atoms with Gasteiger partial charge in [0.2, 0.25) is 10.0 Å². The molecule has 1 unspecified atom stereocenters. The van der Waals surface area contributed by atoms with Gasteiger partial charge in [0.25, 0.3) is 0 Å². The van der Waals surface area contributed by atoms with Crippen LogP contribution < -0.4 is 5.32 Å². The predicted octanol–water partition coefficient (Wildman–Crippen LogP) is 4.24. The molecule has 1 atom stereocenters. The molecule has 8 nitrogen and oxygen atoms in total. The highest BCUT2D eigenvalue weighted by atomic mass is 32.2. The first-order chi connectivity index (χ1) is 15.8. The van der Waals surface area contributed by atoms with Crippen LogP contribution >= 0.6 is 0 Å². The van der Waals surface area contributed by atoms with Crippen LogP contribution in [-0.2, 0) is 15.6 Å². The van der Waals surface area contributed by atoms with Crippen molar-refractivity contribution >= 4 is 33.0 Å². The topological polar surface area (TPSA) is 114 Å². The number of anilines is 1. The van der Waals surface area contributed by atoms with Crippen LogP contribution in [0.2, 0.25) is 0 Å². The van der Waals surface area contributed by atoms with E-state index in [4.69, 9.17) is 5.26 Å². The summed E-state index contributed by atoms with van der Waals surface area (Å²) in [5.74, 6) is -0.0336. The summed E-state index contributed by atoms with van der Waals surface area (Å²) in [4.78, 5) is 11.5. The number of H-pyrrole nitrogens is 1. The summed E-state index contributed by atoms with van der Waals surface area (Å²) >= 11 is 0. The molecule has 3 heterocycles. The zero-order valence-corrected chi connectivity index (χ0v) is 20.1. The number of sulfonamides is 1. The molecule has 0 amide bonds. The largest absolute Gasteiger partial charge is 0.385 e. The maximum absolute atomic E-state index is 12.3. The van der Waals surface area contributed by atoms with Crippen molar-refractivity contribution in [2.75, 3.05) is 24.7 Å². The number of fused-ring (bicyclic) bond motifs is 1. The molecule has 2 aromatic heterocycles. The third-order valence-corrected chi connectivity index (χ3v) is 7.47. The molecule has 3 aromatic rings. The molecule has 174 valence electrons. The fourth-order valence-corrected chi connectivity index (χ4v) is 4.97. The Morgan fingerprint density at radius 1 is 1.30 bits per heavy atom. The molecule has 0 radical (unpaired) electrons. The summed E-state index contributed by atoms with van der Waals surface area (Å²) < 4.78 is 25.8. The van der Waals surface area contributed by atoms with Crippen molar-refractivity contribution in [1.82, 2.24) is 14.3 Å². The average molecular weight is 467 g/mol. The molecule has 0 bridgehead atoms. The van der Waals surface area contributed by atoms with Gasteiger partial charge in [0.1, 0.15) is 11.6 Å². The number of aliphatic imine (C=N–C) groups is 1. The van der Waals surface area contributed by atoms with Crippen LogP contribution in [0, 0.1) is 11.3 Å². The average Bonchev–Trinajstić information content (AvgIpc) is 3.24. The number of rotatable bonds is 6. The Morgan fingerprint density at radius 2 is 2.12 bits per heavy atom. The van der Waals surface area contributed by atoms with Gasteiger partial charge in [-0.25, -0.2) is 8.42 Å². The summed E-state index contributed by atoms with van der Waals surface area (Å²) in [5, 5.41) is 12.7. The molecule has 0 saturated heterocycles. The number of nitriles is 1. The number of benzene rings is 1. The quantitative estimate of drug-likeness (QED) is 0.527. The maximum atomic E-state index is 12.3. The van der Waals surface area contributed by atoms with Crippen molar-refractivity contribution in [2.45, 2.75) is 38.6 Å². The van der Waals surface area contributed by atoms with Gasteiger partial charge in [-0.15, -0.1) is 0 Å². The Morgan fingerprint density at radius 3 is 2.76 bits per heavy atom. The lowest BCUT2D eigenvalue weighted by Crippen LogP contribution is -2.42. The van der Waals surface area contributed by atoms with Gasteiger partial charge in [-0.05, 0) is 43.7 Å². The first kappa shape index (κ1) is 24.3. The number of nitrogens with one attached hydrogen (secondary N) is 2. The minimum Gasteiger partial charge on any atom is -0.385 e. The van der Waals surface area contributed by atoms with Crippen LogP contribution in [0.25, 0.3) is 10.9 Å². The molecule has 33 heavy (non-hydrogen) atoms. The molecule has 0 fully saturated rings. The number of hydrogen-bond acceptors (Lipinski definition) is 6. The highest BCUT2D eigenvalue weighted by Gasteiger charge is 2.38. The van der Waals surface area contributed by atoms with Crippen molar-refractivity contribution < 1.29 is 8.42 Å². The molecule has 1 aliphatic rings. The fraction of sp³-hybridized carbons (Fsp3) is 0.375. The zero-order valence-electron chi connectivity index (χ0n) is 19.2. The van der Waals surface area contributed by atoms with E-state index in [-0.39, 0.29) is 5.75 Å². The number of aromatic amines is 1. The molecule has 4 rings (SSSR count). The van der Waals surface area contributed by atoms with Crippen LogP contribution in [0.5, 0.6) is 0 Å². The highest BCUT2D eigenvalue weighted by molar-refractivity contribution is 7.89. The van der Waals surface area contributed by atoms with Gasteiger partial charge < -0.3 is 10.3 Å². The Balaban J connectivity index is 0.000000323. The van der Waals surface area contributed by atoms with Crippen LogP contribution in [0.1, 0.15) is 44.2 Å². The fourth-order valence-electron chi connectivity index (χ4n) is 3.63. The van der Waals surface area contributed by atoms with E-state index in [1.165, 1.54) is 36.7 Å². The van der Waals surface area contributed by atoms with E-state index in [0.717, 1.165) is 35.1 Å². The molecule has 1 aromatic carbocycles. The lowest BCUT2D eigenvalue weighted by atomic mass is 9.94. The Labute approximate surface area is 195 Å². The Hall–Kier alpha value is -3.38. The van der Waals surface area contributed by atoms with Crippen molar-refractivity contribution in [2.24, 2.45) is 4.99 Å². The second-order valence-electron chi connectivity index (χ2n) is 8.24. The number of pyridine rings is 1. The molecule has 2 N–H and O–H groups in total. The highest BCUT2D eigenvalue weighted by Crippen LogP contribution is 2.36. The van der Waals surface area contributed by atoms with E-state index in [0.29, 0.717) is 5.56 Å². The second-order valence-corrected chi connectivity index (χ2v) is 10.3. The van der Waals surface area contributed by atoms with Gasteiger partial charge in [-0.2, -0.15) is 5.26 Å². The lowest BCUT2D eigenvalue weighted by molar-refractivity contribution is 0.487. The number of nitrogens with zero attached hydrogens (tertiary/aromatic N) is 4. The van der Waals surface area contributed by atoms with Crippen LogP contribution in [0.15, 0.2) is 53.9 Å². The van der Waals surface area contributed by atoms with Gasteiger partial charge in [0, 0.05) is 54.3 Å². The lowest BCUT2D eigenvalue weighted by Gasteiger charge is -2.31. The van der Waals surface area contributed by atoms with Crippen LogP contribution in [0.3, 0.4) is 0 Å². The first-order valence-corrected chi connectivity index (χ1v) is 12.6. The maximum Gasteiger partial charge on any atom is 0.238 e. The first-order valence-electron chi connectivity index (χ1n) is 11.0. The van der Waals surface area contributed by atoms with Gasteiger partial charge in [-0.3, -0.25) is 14.3 Å². The van der Waals surface area contributed by atoms with Crippen molar-refractivity contribution in [3.63, 3.8) is 0 Å². The smallest absolute Gasteiger partial charge is 0.238 e. The van der Waals surface area contributed by atoms with E-state index < -0.39 is 15.6 Å². The van der Waals surface area contributed by atoms with Crippen molar-refractivity contribution in [3.05, 3.63) is 60.0 Å². The van der Waals surface area contributed by atoms with Gasteiger partial charge >= 0.3 is 0 Å². The number of hydrogen-bond donors (Lipinski definition) is 2. The van der Waals surface area contributed by atoms with Crippen molar-refractivity contribution in [3.8, 4) is 6.07 Å². The minimum atomic E-state index is -3.34. The summed E-state index contributed by atoms with van der Waals surface area (Å²) in [5.41, 5.74) is 2.76. The summed E-state index contributed by atoms with van der Waals surface area (Å²) in [6.07, 6.45) is 10.0. The Kier molecular flexibility index (Phi) is 7.71. The molecular weight excluding hydrogens is 436 g/mol. The molecule has 0 spiro atoms. The van der Waals surface area contributed by atoms with E-state index in [1.807, 2.05) is 31.3 Å². The standard InChI is InChI=1S/C18H26N4O2S.C6H4N2/c1-4-5-6-9-19-14-7-8-17-15(10-14)16(11-20-17)18(2)12-25(23,24)22(3)13-21-18;7-4-6-2-1-3-8-5-6/h7-8,10-11,13,19-20H,4-6,9,12H2,1-3H3;1-3,5H. The molecular formula is C24H30N6O2S. The zero-order chi connectivity index (χ0) is 23.9. The molecule has 0 aliphatic carbocycles. The third kappa shape index (κ3) is 5.90. The van der Waals surface area contributed by atoms with E-state index in [9.17, 15) is 8.42 Å².